The maximum absolute atomic E-state index is 12.5. The summed E-state index contributed by atoms with van der Waals surface area (Å²) in [4.78, 5) is 14.0. The fraction of sp³-hybridized carbons (Fsp3) is 0.611. The summed E-state index contributed by atoms with van der Waals surface area (Å²) >= 11 is 0. The van der Waals surface area contributed by atoms with Gasteiger partial charge in [0.25, 0.3) is 0 Å². The topological polar surface area (TPSA) is 70.0 Å². The van der Waals surface area contributed by atoms with Gasteiger partial charge in [0.15, 0.2) is 0 Å². The van der Waals surface area contributed by atoms with Crippen molar-refractivity contribution in [3.8, 4) is 5.75 Å². The number of hydrogen-bond donors (Lipinski definition) is 2. The summed E-state index contributed by atoms with van der Waals surface area (Å²) in [7, 11) is 4.97. The Morgan fingerprint density at radius 1 is 1.04 bits per heavy atom. The molecule has 1 aromatic rings. The van der Waals surface area contributed by atoms with Gasteiger partial charge < -0.3 is 19.8 Å². The minimum absolute atomic E-state index is 0.00629. The van der Waals surface area contributed by atoms with Gasteiger partial charge in [0.2, 0.25) is 5.91 Å². The van der Waals surface area contributed by atoms with Crippen molar-refractivity contribution in [1.29, 1.82) is 0 Å². The molecular formula is C18H27NO4. The van der Waals surface area contributed by atoms with Crippen molar-refractivity contribution in [1.82, 2.24) is 4.90 Å². The minimum atomic E-state index is -1.04. The summed E-state index contributed by atoms with van der Waals surface area (Å²) in [6, 6.07) is 7.71. The van der Waals surface area contributed by atoms with Crippen LogP contribution in [0.3, 0.4) is 0 Å². The van der Waals surface area contributed by atoms with Crippen molar-refractivity contribution in [2.45, 2.75) is 32.0 Å². The second kappa shape index (κ2) is 6.89. The molecule has 0 aliphatic heterocycles. The third-order valence-electron chi connectivity index (χ3n) is 5.18. The van der Waals surface area contributed by atoms with E-state index in [1.165, 1.54) is 4.90 Å². The van der Waals surface area contributed by atoms with E-state index in [4.69, 9.17) is 4.74 Å². The van der Waals surface area contributed by atoms with Crippen LogP contribution in [0.4, 0.5) is 0 Å². The lowest BCUT2D eigenvalue weighted by Gasteiger charge is -2.46. The molecule has 1 aliphatic carbocycles. The molecule has 5 heteroatoms. The molecule has 128 valence electrons. The monoisotopic (exact) mass is 321 g/mol. The van der Waals surface area contributed by atoms with E-state index >= 15 is 0 Å². The van der Waals surface area contributed by atoms with E-state index in [1.54, 1.807) is 21.2 Å². The van der Waals surface area contributed by atoms with Gasteiger partial charge >= 0.3 is 0 Å². The summed E-state index contributed by atoms with van der Waals surface area (Å²) in [6.45, 7) is 3.90. The van der Waals surface area contributed by atoms with Gasteiger partial charge in [-0.15, -0.1) is 0 Å². The third kappa shape index (κ3) is 3.21. The van der Waals surface area contributed by atoms with Gasteiger partial charge in [-0.05, 0) is 35.4 Å². The van der Waals surface area contributed by atoms with Crippen LogP contribution in [0.2, 0.25) is 0 Å². The molecule has 6 unspecified atom stereocenters. The van der Waals surface area contributed by atoms with Crippen LogP contribution < -0.4 is 4.74 Å². The van der Waals surface area contributed by atoms with Gasteiger partial charge in [-0.2, -0.15) is 0 Å². The summed E-state index contributed by atoms with van der Waals surface area (Å²) < 4.78 is 5.19. The zero-order valence-corrected chi connectivity index (χ0v) is 14.4. The lowest BCUT2D eigenvalue weighted by Crippen LogP contribution is -2.54. The maximum Gasteiger partial charge on any atom is 0.228 e. The summed E-state index contributed by atoms with van der Waals surface area (Å²) in [5.41, 5.74) is 1.05. The first-order chi connectivity index (χ1) is 10.8. The molecule has 1 amide bonds. The van der Waals surface area contributed by atoms with Gasteiger partial charge in [-0.25, -0.2) is 0 Å². The molecule has 23 heavy (non-hydrogen) atoms. The first kappa shape index (κ1) is 17.8. The molecule has 0 radical (unpaired) electrons. The van der Waals surface area contributed by atoms with Crippen LogP contribution in [0.5, 0.6) is 5.75 Å². The molecule has 0 saturated heterocycles. The lowest BCUT2D eigenvalue weighted by molar-refractivity contribution is -0.154. The number of amides is 1. The Hall–Kier alpha value is -1.59. The highest BCUT2D eigenvalue weighted by atomic mass is 16.5. The molecule has 1 aliphatic rings. The van der Waals surface area contributed by atoms with Gasteiger partial charge in [-0.3, -0.25) is 4.79 Å². The smallest absolute Gasteiger partial charge is 0.228 e. The number of aliphatic hydroxyl groups excluding tert-OH is 2. The molecule has 2 N–H and O–H groups in total. The normalized spacial score (nSPS) is 34.0. The average molecular weight is 321 g/mol. The zero-order chi connectivity index (χ0) is 17.3. The number of nitrogens with zero attached hydrogens (tertiary/aromatic N) is 1. The van der Waals surface area contributed by atoms with E-state index in [0.29, 0.717) is 0 Å². The standard InChI is InChI=1S/C18H27NO4/c1-10-14(12-6-8-13(23-5)9-7-12)11(2)16(20)17(21)15(10)18(22)19(3)4/h6-11,14-17,20-21H,1-5H3. The Balaban J connectivity index is 2.38. The first-order valence-corrected chi connectivity index (χ1v) is 8.00. The van der Waals surface area contributed by atoms with E-state index < -0.39 is 18.1 Å². The minimum Gasteiger partial charge on any atom is -0.497 e. The van der Waals surface area contributed by atoms with Gasteiger partial charge in [0.1, 0.15) is 5.75 Å². The Labute approximate surface area is 137 Å². The summed E-state index contributed by atoms with van der Waals surface area (Å²) in [6.07, 6.45) is -1.96. The number of carbonyl (C=O) groups is 1. The molecule has 0 heterocycles. The Kier molecular flexibility index (Phi) is 5.32. The quantitative estimate of drug-likeness (QED) is 0.885. The molecule has 0 aromatic heterocycles. The van der Waals surface area contributed by atoms with Crippen molar-refractivity contribution in [2.75, 3.05) is 21.2 Å². The van der Waals surface area contributed by atoms with Crippen LogP contribution in [0, 0.1) is 17.8 Å². The highest BCUT2D eigenvalue weighted by Gasteiger charge is 2.49. The van der Waals surface area contributed by atoms with Crippen LogP contribution in [-0.4, -0.2) is 54.4 Å². The fourth-order valence-corrected chi connectivity index (χ4v) is 3.85. The largest absolute Gasteiger partial charge is 0.497 e. The molecule has 1 aromatic carbocycles. The Bertz CT molecular complexity index is 542. The van der Waals surface area contributed by atoms with Gasteiger partial charge in [0, 0.05) is 14.1 Å². The number of methoxy groups -OCH3 is 1. The van der Waals surface area contributed by atoms with Crippen molar-refractivity contribution in [3.05, 3.63) is 29.8 Å². The Morgan fingerprint density at radius 2 is 1.61 bits per heavy atom. The number of aliphatic hydroxyl groups is 2. The number of ether oxygens (including phenoxy) is 1. The number of carbonyl (C=O) groups excluding carboxylic acids is 1. The molecule has 1 fully saturated rings. The SMILES string of the molecule is COc1ccc(C2C(C)C(O)C(O)C(C(=O)N(C)C)C2C)cc1. The molecule has 5 nitrogen and oxygen atoms in total. The van der Waals surface area contributed by atoms with E-state index in [0.717, 1.165) is 11.3 Å². The van der Waals surface area contributed by atoms with Crippen molar-refractivity contribution in [3.63, 3.8) is 0 Å². The lowest BCUT2D eigenvalue weighted by atomic mass is 9.62. The van der Waals surface area contributed by atoms with Crippen LogP contribution in [0.1, 0.15) is 25.3 Å². The number of benzene rings is 1. The highest BCUT2D eigenvalue weighted by molar-refractivity contribution is 5.79. The van der Waals surface area contributed by atoms with Crippen molar-refractivity contribution in [2.24, 2.45) is 17.8 Å². The first-order valence-electron chi connectivity index (χ1n) is 8.00. The van der Waals surface area contributed by atoms with Crippen LogP contribution in [0.25, 0.3) is 0 Å². The molecule has 2 rings (SSSR count). The molecule has 1 saturated carbocycles. The van der Waals surface area contributed by atoms with E-state index in [2.05, 4.69) is 0 Å². The van der Waals surface area contributed by atoms with E-state index in [9.17, 15) is 15.0 Å². The van der Waals surface area contributed by atoms with Gasteiger partial charge in [-0.1, -0.05) is 26.0 Å². The summed E-state index contributed by atoms with van der Waals surface area (Å²) in [5.74, 6) is -0.205. The highest BCUT2D eigenvalue weighted by Crippen LogP contribution is 2.45. The second-order valence-electron chi connectivity index (χ2n) is 6.76. The predicted molar refractivity (Wildman–Crippen MR) is 88.3 cm³/mol. The average Bonchev–Trinajstić information content (AvgIpc) is 2.53. The third-order valence-corrected chi connectivity index (χ3v) is 5.18. The fourth-order valence-electron chi connectivity index (χ4n) is 3.85. The van der Waals surface area contributed by atoms with Crippen molar-refractivity contribution >= 4 is 5.91 Å². The molecule has 0 bridgehead atoms. The molecular weight excluding hydrogens is 294 g/mol. The predicted octanol–water partition coefficient (Wildman–Crippen LogP) is 1.49. The maximum atomic E-state index is 12.5. The molecule has 0 spiro atoms. The Morgan fingerprint density at radius 3 is 2.09 bits per heavy atom. The molecule has 6 atom stereocenters. The summed E-state index contributed by atoms with van der Waals surface area (Å²) in [5, 5.41) is 20.9. The van der Waals surface area contributed by atoms with Crippen LogP contribution >= 0.6 is 0 Å². The van der Waals surface area contributed by atoms with Gasteiger partial charge in [0.05, 0.1) is 25.2 Å². The zero-order valence-electron chi connectivity index (χ0n) is 14.4. The van der Waals surface area contributed by atoms with E-state index in [-0.39, 0.29) is 23.7 Å². The number of rotatable bonds is 3. The second-order valence-corrected chi connectivity index (χ2v) is 6.76. The van der Waals surface area contributed by atoms with Crippen LogP contribution in [-0.2, 0) is 4.79 Å². The van der Waals surface area contributed by atoms with Crippen LogP contribution in [0.15, 0.2) is 24.3 Å². The number of hydrogen-bond acceptors (Lipinski definition) is 4. The van der Waals surface area contributed by atoms with E-state index in [1.807, 2.05) is 38.1 Å². The van der Waals surface area contributed by atoms with Crippen molar-refractivity contribution < 1.29 is 19.7 Å².